The molecule has 9 nitrogen and oxygen atoms in total. The van der Waals surface area contributed by atoms with E-state index in [0.717, 1.165) is 4.31 Å². The number of benzene rings is 3. The Labute approximate surface area is 218 Å². The molecule has 3 aromatic carbocycles. The molecule has 0 aliphatic rings. The Balaban J connectivity index is 2.25. The van der Waals surface area contributed by atoms with Gasteiger partial charge in [-0.1, -0.05) is 29.3 Å². The first-order chi connectivity index (χ1) is 17.0. The Morgan fingerprint density at radius 2 is 1.64 bits per heavy atom. The molecule has 0 saturated carbocycles. The molecular formula is C24H24Cl2N2O7S. The SMILES string of the molecule is COc1ccc(S(=O)(=O)N(CC(N)=O)c2ccc(Cl)cc2C(O)c2c(Cl)cccc2OC)cc1OC. The standard InChI is InChI=1S/C24H24Cl2N2O7S/c1-33-19-10-8-15(12-21(19)35-3)36(31,32)28(13-22(27)29)18-9-7-14(25)11-16(18)24(30)23-17(26)5-4-6-20(23)34-2/h4-12,24,30H,13H2,1-3H3,(H2,27,29). The average Bonchev–Trinajstić information content (AvgIpc) is 2.86. The van der Waals surface area contributed by atoms with Crippen molar-refractivity contribution in [1.29, 1.82) is 0 Å². The smallest absolute Gasteiger partial charge is 0.264 e. The van der Waals surface area contributed by atoms with Gasteiger partial charge in [0.25, 0.3) is 10.0 Å². The zero-order chi connectivity index (χ0) is 26.6. The van der Waals surface area contributed by atoms with Crippen LogP contribution in [0.25, 0.3) is 0 Å². The molecule has 0 heterocycles. The number of hydrogen-bond donors (Lipinski definition) is 2. The normalized spacial score (nSPS) is 12.1. The van der Waals surface area contributed by atoms with E-state index < -0.39 is 28.6 Å². The molecule has 0 aliphatic heterocycles. The number of aliphatic hydroxyl groups is 1. The number of halogens is 2. The Hall–Kier alpha value is -3.18. The molecule has 0 saturated heterocycles. The maximum atomic E-state index is 13.8. The molecule has 1 amide bonds. The second-order valence-corrected chi connectivity index (χ2v) is 10.2. The third kappa shape index (κ3) is 5.46. The third-order valence-electron chi connectivity index (χ3n) is 5.30. The molecule has 0 radical (unpaired) electrons. The van der Waals surface area contributed by atoms with E-state index in [1.54, 1.807) is 18.2 Å². The summed E-state index contributed by atoms with van der Waals surface area (Å²) in [5.41, 5.74) is 5.63. The number of sulfonamides is 1. The van der Waals surface area contributed by atoms with Crippen molar-refractivity contribution >= 4 is 44.8 Å². The van der Waals surface area contributed by atoms with Crippen molar-refractivity contribution in [2.75, 3.05) is 32.2 Å². The maximum absolute atomic E-state index is 13.8. The van der Waals surface area contributed by atoms with Gasteiger partial charge in [-0.25, -0.2) is 8.42 Å². The van der Waals surface area contributed by atoms with Crippen LogP contribution in [0.4, 0.5) is 5.69 Å². The molecule has 3 aromatic rings. The van der Waals surface area contributed by atoms with E-state index in [0.29, 0.717) is 5.75 Å². The molecule has 1 unspecified atom stereocenters. The van der Waals surface area contributed by atoms with E-state index in [9.17, 15) is 18.3 Å². The van der Waals surface area contributed by atoms with Gasteiger partial charge in [0.2, 0.25) is 5.91 Å². The van der Waals surface area contributed by atoms with Crippen molar-refractivity contribution in [3.05, 3.63) is 75.8 Å². The Morgan fingerprint density at radius 1 is 0.972 bits per heavy atom. The number of anilines is 1. The number of hydrogen-bond acceptors (Lipinski definition) is 7. The third-order valence-corrected chi connectivity index (χ3v) is 7.62. The van der Waals surface area contributed by atoms with Crippen LogP contribution >= 0.6 is 23.2 Å². The molecule has 0 fully saturated rings. The van der Waals surface area contributed by atoms with Crippen molar-refractivity contribution in [2.45, 2.75) is 11.0 Å². The zero-order valence-corrected chi connectivity index (χ0v) is 21.9. The summed E-state index contributed by atoms with van der Waals surface area (Å²) in [6.07, 6.45) is -1.47. The molecule has 0 aromatic heterocycles. The summed E-state index contributed by atoms with van der Waals surface area (Å²) >= 11 is 12.6. The summed E-state index contributed by atoms with van der Waals surface area (Å²) in [4.78, 5) is 11.8. The highest BCUT2D eigenvalue weighted by atomic mass is 35.5. The summed E-state index contributed by atoms with van der Waals surface area (Å²) in [5, 5.41) is 11.7. The highest BCUT2D eigenvalue weighted by Crippen LogP contribution is 2.41. The number of carbonyl (C=O) groups is 1. The molecule has 36 heavy (non-hydrogen) atoms. The Morgan fingerprint density at radius 3 is 2.25 bits per heavy atom. The van der Waals surface area contributed by atoms with Crippen molar-refractivity contribution in [3.8, 4) is 17.2 Å². The van der Waals surface area contributed by atoms with Gasteiger partial charge in [-0.05, 0) is 42.5 Å². The number of aliphatic hydroxyl groups excluding tert-OH is 1. The second-order valence-electron chi connectivity index (χ2n) is 7.46. The first-order valence-corrected chi connectivity index (χ1v) is 12.6. The van der Waals surface area contributed by atoms with E-state index in [1.807, 2.05) is 0 Å². The molecule has 1 atom stereocenters. The lowest BCUT2D eigenvalue weighted by Crippen LogP contribution is -2.39. The molecule has 12 heteroatoms. The van der Waals surface area contributed by atoms with Crippen LogP contribution in [0.1, 0.15) is 17.2 Å². The number of ether oxygens (including phenoxy) is 3. The molecule has 0 aliphatic carbocycles. The number of carbonyl (C=O) groups excluding carboxylic acids is 1. The fourth-order valence-electron chi connectivity index (χ4n) is 3.63. The van der Waals surface area contributed by atoms with Crippen molar-refractivity contribution in [2.24, 2.45) is 5.73 Å². The first kappa shape index (κ1) is 27.4. The van der Waals surface area contributed by atoms with Gasteiger partial charge in [-0.2, -0.15) is 0 Å². The number of amides is 1. The lowest BCUT2D eigenvalue weighted by Gasteiger charge is -2.28. The zero-order valence-electron chi connectivity index (χ0n) is 19.6. The van der Waals surface area contributed by atoms with Crippen LogP contribution in [0.15, 0.2) is 59.5 Å². The summed E-state index contributed by atoms with van der Waals surface area (Å²) < 4.78 is 44.1. The Kier molecular flexibility index (Phi) is 8.57. The summed E-state index contributed by atoms with van der Waals surface area (Å²) in [5.74, 6) is -0.184. The monoisotopic (exact) mass is 554 g/mol. The van der Waals surface area contributed by atoms with Gasteiger partial charge < -0.3 is 25.1 Å². The van der Waals surface area contributed by atoms with Gasteiger partial charge in [0, 0.05) is 22.2 Å². The highest BCUT2D eigenvalue weighted by Gasteiger charge is 2.32. The number of nitrogens with zero attached hydrogens (tertiary/aromatic N) is 1. The molecule has 3 rings (SSSR count). The molecular weight excluding hydrogens is 531 g/mol. The van der Waals surface area contributed by atoms with Crippen LogP contribution in [0.2, 0.25) is 10.0 Å². The Bertz CT molecular complexity index is 1380. The van der Waals surface area contributed by atoms with E-state index in [2.05, 4.69) is 0 Å². The molecule has 3 N–H and O–H groups in total. The van der Waals surface area contributed by atoms with E-state index >= 15 is 0 Å². The quantitative estimate of drug-likeness (QED) is 0.390. The van der Waals surface area contributed by atoms with E-state index in [1.165, 1.54) is 57.7 Å². The van der Waals surface area contributed by atoms with Gasteiger partial charge >= 0.3 is 0 Å². The van der Waals surface area contributed by atoms with Crippen molar-refractivity contribution in [3.63, 3.8) is 0 Å². The number of rotatable bonds is 10. The predicted octanol–water partition coefficient (Wildman–Crippen LogP) is 3.78. The first-order valence-electron chi connectivity index (χ1n) is 10.4. The molecule has 0 spiro atoms. The van der Waals surface area contributed by atoms with Crippen LogP contribution in [-0.2, 0) is 14.8 Å². The minimum atomic E-state index is -4.41. The lowest BCUT2D eigenvalue weighted by atomic mass is 9.98. The minimum absolute atomic E-state index is 0.0394. The second kappa shape index (κ2) is 11.3. The number of methoxy groups -OCH3 is 3. The molecule has 192 valence electrons. The average molecular weight is 555 g/mol. The summed E-state index contributed by atoms with van der Waals surface area (Å²) in [6, 6.07) is 12.9. The van der Waals surface area contributed by atoms with Crippen LogP contribution in [-0.4, -0.2) is 47.3 Å². The number of primary amides is 1. The van der Waals surface area contributed by atoms with Gasteiger partial charge in [-0.15, -0.1) is 0 Å². The lowest BCUT2D eigenvalue weighted by molar-refractivity contribution is -0.116. The highest BCUT2D eigenvalue weighted by molar-refractivity contribution is 7.92. The van der Waals surface area contributed by atoms with Crippen molar-refractivity contribution < 1.29 is 32.5 Å². The largest absolute Gasteiger partial charge is 0.496 e. The number of nitrogens with two attached hydrogens (primary N) is 1. The summed E-state index contributed by atoms with van der Waals surface area (Å²) in [6.45, 7) is -0.725. The van der Waals surface area contributed by atoms with E-state index in [-0.39, 0.29) is 43.3 Å². The van der Waals surface area contributed by atoms with Crippen LogP contribution in [0.5, 0.6) is 17.2 Å². The minimum Gasteiger partial charge on any atom is -0.496 e. The maximum Gasteiger partial charge on any atom is 0.264 e. The van der Waals surface area contributed by atoms with Gasteiger partial charge in [-0.3, -0.25) is 9.10 Å². The topological polar surface area (TPSA) is 128 Å². The van der Waals surface area contributed by atoms with Gasteiger partial charge in [0.05, 0.1) is 36.9 Å². The fraction of sp³-hybridized carbons (Fsp3) is 0.208. The fourth-order valence-corrected chi connectivity index (χ4v) is 5.56. The van der Waals surface area contributed by atoms with Crippen LogP contribution < -0.4 is 24.2 Å². The summed E-state index contributed by atoms with van der Waals surface area (Å²) in [7, 11) is -0.227. The van der Waals surface area contributed by atoms with Crippen LogP contribution in [0, 0.1) is 0 Å². The van der Waals surface area contributed by atoms with Gasteiger partial charge in [0.15, 0.2) is 11.5 Å². The van der Waals surface area contributed by atoms with Crippen LogP contribution in [0.3, 0.4) is 0 Å². The van der Waals surface area contributed by atoms with Crippen molar-refractivity contribution in [1.82, 2.24) is 0 Å². The van der Waals surface area contributed by atoms with E-state index in [4.69, 9.17) is 43.1 Å². The predicted molar refractivity (Wildman–Crippen MR) is 137 cm³/mol. The molecule has 0 bridgehead atoms. The van der Waals surface area contributed by atoms with Gasteiger partial charge in [0.1, 0.15) is 18.4 Å².